The van der Waals surface area contributed by atoms with Gasteiger partial charge in [0.1, 0.15) is 12.6 Å². The van der Waals surface area contributed by atoms with Crippen molar-refractivity contribution in [3.63, 3.8) is 0 Å². The molecule has 1 aromatic rings. The molecule has 23 heavy (non-hydrogen) atoms. The number of amides is 2. The molecule has 2 atom stereocenters. The highest BCUT2D eigenvalue weighted by atomic mass is 35.5. The van der Waals surface area contributed by atoms with Gasteiger partial charge in [-0.15, -0.1) is 0 Å². The van der Waals surface area contributed by atoms with E-state index in [1.807, 2.05) is 32.0 Å². The van der Waals surface area contributed by atoms with E-state index in [9.17, 15) is 9.59 Å². The van der Waals surface area contributed by atoms with Gasteiger partial charge in [0.2, 0.25) is 11.8 Å². The summed E-state index contributed by atoms with van der Waals surface area (Å²) in [6, 6.07) is 5.14. The summed E-state index contributed by atoms with van der Waals surface area (Å²) < 4.78 is 4.80. The van der Waals surface area contributed by atoms with Gasteiger partial charge < -0.3 is 15.4 Å². The first-order valence-electron chi connectivity index (χ1n) is 7.79. The minimum atomic E-state index is -0.575. The molecule has 2 amide bonds. The highest BCUT2D eigenvalue weighted by Gasteiger charge is 2.29. The van der Waals surface area contributed by atoms with Gasteiger partial charge in [0.25, 0.3) is 0 Å². The fourth-order valence-corrected chi connectivity index (χ4v) is 3.07. The number of aryl methyl sites for hydroxylation is 1. The Morgan fingerprint density at radius 1 is 1.39 bits per heavy atom. The number of fused-ring (bicyclic) bond motifs is 1. The molecule has 0 saturated heterocycles. The van der Waals surface area contributed by atoms with Crippen LogP contribution >= 0.6 is 11.6 Å². The van der Waals surface area contributed by atoms with E-state index in [2.05, 4.69) is 10.6 Å². The fourth-order valence-electron chi connectivity index (χ4n) is 2.88. The second-order valence-electron chi connectivity index (χ2n) is 6.17. The van der Waals surface area contributed by atoms with Gasteiger partial charge in [0.15, 0.2) is 0 Å². The number of carbonyl (C=O) groups is 2. The van der Waals surface area contributed by atoms with Crippen molar-refractivity contribution in [1.29, 1.82) is 0 Å². The molecule has 5 nitrogen and oxygen atoms in total. The van der Waals surface area contributed by atoms with E-state index in [-0.39, 0.29) is 30.4 Å². The number of halogens is 1. The number of benzene rings is 1. The average molecular weight is 339 g/mol. The third-order valence-electron chi connectivity index (χ3n) is 4.04. The van der Waals surface area contributed by atoms with Crippen molar-refractivity contribution in [3.8, 4) is 0 Å². The summed E-state index contributed by atoms with van der Waals surface area (Å²) in [6.07, 6.45) is 1.74. The molecular formula is C17H23ClN2O3. The van der Waals surface area contributed by atoms with E-state index >= 15 is 0 Å². The lowest BCUT2D eigenvalue weighted by Crippen LogP contribution is -2.51. The van der Waals surface area contributed by atoms with E-state index in [1.54, 1.807) is 0 Å². The summed E-state index contributed by atoms with van der Waals surface area (Å²) in [7, 11) is 1.45. The SMILES string of the molecule is COCC(=O)N[C@H](C(=O)NC1CCc2cc(Cl)ccc21)C(C)C. The summed E-state index contributed by atoms with van der Waals surface area (Å²) in [5, 5.41) is 6.48. The molecular weight excluding hydrogens is 316 g/mol. The molecule has 2 N–H and O–H groups in total. The number of hydrogen-bond donors (Lipinski definition) is 2. The molecule has 126 valence electrons. The lowest BCUT2D eigenvalue weighted by molar-refractivity contribution is -0.132. The Labute approximate surface area is 141 Å². The summed E-state index contributed by atoms with van der Waals surface area (Å²) in [4.78, 5) is 24.3. The number of nitrogens with one attached hydrogen (secondary N) is 2. The lowest BCUT2D eigenvalue weighted by Gasteiger charge is -2.24. The number of methoxy groups -OCH3 is 1. The van der Waals surface area contributed by atoms with Crippen LogP contribution < -0.4 is 10.6 Å². The van der Waals surface area contributed by atoms with Crippen LogP contribution in [-0.2, 0) is 20.7 Å². The Kier molecular flexibility index (Phi) is 6.02. The Bertz CT molecular complexity index is 589. The average Bonchev–Trinajstić information content (AvgIpc) is 2.86. The molecule has 1 unspecified atom stereocenters. The first kappa shape index (κ1) is 17.8. The smallest absolute Gasteiger partial charge is 0.246 e. The summed E-state index contributed by atoms with van der Waals surface area (Å²) >= 11 is 6.01. The molecule has 1 aliphatic carbocycles. The highest BCUT2D eigenvalue weighted by molar-refractivity contribution is 6.30. The van der Waals surface area contributed by atoms with Gasteiger partial charge in [-0.25, -0.2) is 0 Å². The summed E-state index contributed by atoms with van der Waals surface area (Å²) in [5.74, 6) is -0.473. The van der Waals surface area contributed by atoms with Crippen LogP contribution in [0, 0.1) is 5.92 Å². The van der Waals surface area contributed by atoms with Gasteiger partial charge in [0.05, 0.1) is 6.04 Å². The standard InChI is InChI=1S/C17H23ClN2O3/c1-10(2)16(20-15(21)9-23-3)17(22)19-14-7-4-11-8-12(18)5-6-13(11)14/h5-6,8,10,14,16H,4,7,9H2,1-3H3,(H,19,22)(H,20,21)/t14?,16-/m0/s1. The highest BCUT2D eigenvalue weighted by Crippen LogP contribution is 2.32. The van der Waals surface area contributed by atoms with Crippen LogP contribution in [0.4, 0.5) is 0 Å². The minimum Gasteiger partial charge on any atom is -0.375 e. The van der Waals surface area contributed by atoms with Crippen molar-refractivity contribution in [2.45, 2.75) is 38.8 Å². The number of hydrogen-bond acceptors (Lipinski definition) is 3. The van der Waals surface area contributed by atoms with Gasteiger partial charge in [-0.1, -0.05) is 31.5 Å². The number of carbonyl (C=O) groups excluding carboxylic acids is 2. The molecule has 0 fully saturated rings. The van der Waals surface area contributed by atoms with Gasteiger partial charge in [-0.2, -0.15) is 0 Å². The predicted octanol–water partition coefficient (Wildman–Crippen LogP) is 2.23. The second kappa shape index (κ2) is 7.79. The maximum Gasteiger partial charge on any atom is 0.246 e. The van der Waals surface area contributed by atoms with Gasteiger partial charge in [-0.3, -0.25) is 9.59 Å². The molecule has 1 aromatic carbocycles. The molecule has 0 aliphatic heterocycles. The third-order valence-corrected chi connectivity index (χ3v) is 4.28. The maximum atomic E-state index is 12.6. The van der Waals surface area contributed by atoms with E-state index in [4.69, 9.17) is 16.3 Å². The van der Waals surface area contributed by atoms with Crippen LogP contribution in [0.1, 0.15) is 37.4 Å². The van der Waals surface area contributed by atoms with Crippen molar-refractivity contribution in [2.75, 3.05) is 13.7 Å². The molecule has 0 heterocycles. The molecule has 6 heteroatoms. The van der Waals surface area contributed by atoms with Crippen molar-refractivity contribution in [2.24, 2.45) is 5.92 Å². The van der Waals surface area contributed by atoms with E-state index in [0.29, 0.717) is 5.02 Å². The Morgan fingerprint density at radius 3 is 2.78 bits per heavy atom. The monoisotopic (exact) mass is 338 g/mol. The van der Waals surface area contributed by atoms with Crippen molar-refractivity contribution < 1.29 is 14.3 Å². The van der Waals surface area contributed by atoms with Crippen LogP contribution in [0.15, 0.2) is 18.2 Å². The van der Waals surface area contributed by atoms with Crippen LogP contribution in [0.5, 0.6) is 0 Å². The quantitative estimate of drug-likeness (QED) is 0.835. The predicted molar refractivity (Wildman–Crippen MR) is 89.3 cm³/mol. The molecule has 0 bridgehead atoms. The fraction of sp³-hybridized carbons (Fsp3) is 0.529. The zero-order chi connectivity index (χ0) is 17.0. The van der Waals surface area contributed by atoms with Crippen LogP contribution in [-0.4, -0.2) is 31.6 Å². The van der Waals surface area contributed by atoms with Crippen LogP contribution in [0.25, 0.3) is 0 Å². The van der Waals surface area contributed by atoms with Gasteiger partial charge in [-0.05, 0) is 42.0 Å². The van der Waals surface area contributed by atoms with E-state index in [0.717, 1.165) is 18.4 Å². The Balaban J connectivity index is 2.04. The normalized spacial score (nSPS) is 17.7. The number of rotatable bonds is 6. The first-order chi connectivity index (χ1) is 10.9. The number of ether oxygens (including phenoxy) is 1. The zero-order valence-corrected chi connectivity index (χ0v) is 14.4. The van der Waals surface area contributed by atoms with Crippen LogP contribution in [0.3, 0.4) is 0 Å². The molecule has 0 aromatic heterocycles. The van der Waals surface area contributed by atoms with Crippen LogP contribution in [0.2, 0.25) is 5.02 Å². The Hall–Kier alpha value is -1.59. The lowest BCUT2D eigenvalue weighted by atomic mass is 10.0. The molecule has 1 aliphatic rings. The first-order valence-corrected chi connectivity index (χ1v) is 8.17. The zero-order valence-electron chi connectivity index (χ0n) is 13.7. The maximum absolute atomic E-state index is 12.6. The molecule has 0 saturated carbocycles. The summed E-state index contributed by atoms with van der Waals surface area (Å²) in [5.41, 5.74) is 2.28. The van der Waals surface area contributed by atoms with E-state index in [1.165, 1.54) is 12.7 Å². The molecule has 0 radical (unpaired) electrons. The largest absolute Gasteiger partial charge is 0.375 e. The topological polar surface area (TPSA) is 67.4 Å². The molecule has 2 rings (SSSR count). The third kappa shape index (κ3) is 4.45. The summed E-state index contributed by atoms with van der Waals surface area (Å²) in [6.45, 7) is 3.75. The van der Waals surface area contributed by atoms with E-state index < -0.39 is 6.04 Å². The Morgan fingerprint density at radius 2 is 2.13 bits per heavy atom. The van der Waals surface area contributed by atoms with Crippen molar-refractivity contribution in [1.82, 2.24) is 10.6 Å². The van der Waals surface area contributed by atoms with Gasteiger partial charge in [0, 0.05) is 12.1 Å². The van der Waals surface area contributed by atoms with Crippen molar-refractivity contribution >= 4 is 23.4 Å². The molecule has 0 spiro atoms. The minimum absolute atomic E-state index is 0.0121. The van der Waals surface area contributed by atoms with Crippen molar-refractivity contribution in [3.05, 3.63) is 34.3 Å². The van der Waals surface area contributed by atoms with Gasteiger partial charge >= 0.3 is 0 Å². The second-order valence-corrected chi connectivity index (χ2v) is 6.60.